The summed E-state index contributed by atoms with van der Waals surface area (Å²) in [6, 6.07) is -24.7. The van der Waals surface area contributed by atoms with Crippen LogP contribution in [0.2, 0.25) is 0 Å². The zero-order valence-corrected chi connectivity index (χ0v) is 72.1. The van der Waals surface area contributed by atoms with Crippen molar-refractivity contribution in [3.8, 4) is 0 Å². The Bertz CT molecular complexity index is 3620. The molecule has 3 saturated heterocycles. The van der Waals surface area contributed by atoms with E-state index in [1.165, 1.54) is 20.8 Å². The fraction of sp³-hybridized carbons (Fsp3) is 0.756. The zero-order valence-electron chi connectivity index (χ0n) is 72.1. The summed E-state index contributed by atoms with van der Waals surface area (Å²) in [5.74, 6) is -19.6. The number of likely N-dealkylation sites (tertiary alicyclic amines) is 3. The molecule has 0 spiro atoms. The van der Waals surface area contributed by atoms with Crippen LogP contribution in [0.1, 0.15) is 195 Å². The maximum absolute atomic E-state index is 14.5. The molecule has 0 aromatic heterocycles. The van der Waals surface area contributed by atoms with Crippen molar-refractivity contribution < 1.29 is 122 Å². The number of carboxylic acids is 3. The number of hydrogen-bond donors (Lipinski definition) is 25. The van der Waals surface area contributed by atoms with Crippen molar-refractivity contribution in [1.82, 2.24) is 83.8 Å². The van der Waals surface area contributed by atoms with Crippen LogP contribution in [0.4, 0.5) is 0 Å². The number of aliphatic hydroxyl groups excluding tert-OH is 3. The van der Waals surface area contributed by atoms with E-state index in [1.54, 1.807) is 13.8 Å². The molecule has 0 bridgehead atoms. The highest BCUT2D eigenvalue weighted by molar-refractivity contribution is 6.01. The molecule has 0 radical (unpaired) electrons. The van der Waals surface area contributed by atoms with Crippen LogP contribution in [-0.4, -0.2) is 333 Å². The van der Waals surface area contributed by atoms with Gasteiger partial charge in [-0.15, -0.1) is 0 Å². The number of aliphatic carboxylic acids is 3. The summed E-state index contributed by atoms with van der Waals surface area (Å²) in [6.07, 6.45) is 0.997. The summed E-state index contributed by atoms with van der Waals surface area (Å²) in [4.78, 5) is 262. The van der Waals surface area contributed by atoms with Crippen molar-refractivity contribution in [3.05, 3.63) is 0 Å². The van der Waals surface area contributed by atoms with E-state index in [0.29, 0.717) is 44.9 Å². The lowest BCUT2D eigenvalue weighted by molar-refractivity contribution is -0.146. The minimum absolute atomic E-state index is 0.0177. The SMILES string of the molecule is CC(C)[C@H](NC(=O)[C@@H]1CCCN1C(=O)[C@H](CO)NC(=O)[C@H](CCCCN)NC(=O)[C@H](C)NC(=O)[C@H](CCCCN)NC(=O)[C@H](CCC(=O)O)NC(=O)[C@@H]1CCCN1C(=O)[C@H](CO)NC(=O)[C@H](CCCCN)NC(=O)[C@H](C)NC(=O)[C@H](CCCCN)NC(=O)[C@H](CCC(=O)O)NC(=O)[C@@H]1CCCN1C(=O)[C@H](CO)NC(=O)[C@H](CCCCN)NC(=O)[C@H](C)N)C(=O)O. The number of nitrogens with two attached hydrogens (primary N) is 6. The van der Waals surface area contributed by atoms with E-state index in [1.807, 2.05) is 0 Å². The second kappa shape index (κ2) is 57.2. The largest absolute Gasteiger partial charge is 0.481 e. The van der Waals surface area contributed by atoms with Gasteiger partial charge in [0.25, 0.3) is 0 Å². The van der Waals surface area contributed by atoms with Crippen LogP contribution < -0.4 is 104 Å². The quantitative estimate of drug-likeness (QED) is 0.0251. The minimum Gasteiger partial charge on any atom is -0.481 e. The molecule has 3 rings (SSSR count). The molecule has 47 heteroatoms. The lowest BCUT2D eigenvalue weighted by atomic mass is 10.0. The molecule has 3 heterocycles. The lowest BCUT2D eigenvalue weighted by Crippen LogP contribution is -2.61. The fourth-order valence-electron chi connectivity index (χ4n) is 14.3. The van der Waals surface area contributed by atoms with Gasteiger partial charge in [0.15, 0.2) is 0 Å². The van der Waals surface area contributed by atoms with Crippen molar-refractivity contribution in [2.24, 2.45) is 40.3 Å². The van der Waals surface area contributed by atoms with Gasteiger partial charge in [-0.2, -0.15) is 0 Å². The minimum atomic E-state index is -1.80. The maximum atomic E-state index is 14.5. The highest BCUT2D eigenvalue weighted by atomic mass is 16.4. The first kappa shape index (κ1) is 109. The summed E-state index contributed by atoms with van der Waals surface area (Å²) in [5.41, 5.74) is 34.3. The molecule has 3 aliphatic rings. The van der Waals surface area contributed by atoms with Crippen molar-refractivity contribution in [1.29, 1.82) is 0 Å². The van der Waals surface area contributed by atoms with E-state index in [-0.39, 0.29) is 142 Å². The summed E-state index contributed by atoms with van der Waals surface area (Å²) >= 11 is 0. The predicted octanol–water partition coefficient (Wildman–Crippen LogP) is -9.26. The molecule has 31 N–H and O–H groups in total. The van der Waals surface area contributed by atoms with Gasteiger partial charge < -0.3 is 149 Å². The topological polar surface area (TPSA) is 768 Å². The molecule has 3 aliphatic heterocycles. The van der Waals surface area contributed by atoms with Crippen LogP contribution in [0.5, 0.6) is 0 Å². The summed E-state index contributed by atoms with van der Waals surface area (Å²) in [7, 11) is 0. The first-order valence-corrected chi connectivity index (χ1v) is 42.9. The van der Waals surface area contributed by atoms with Gasteiger partial charge in [0.1, 0.15) is 96.7 Å². The van der Waals surface area contributed by atoms with Gasteiger partial charge in [0.05, 0.1) is 25.9 Å². The number of unbranched alkanes of at least 4 members (excludes halogenated alkanes) is 5. The molecule has 708 valence electrons. The van der Waals surface area contributed by atoms with Gasteiger partial charge in [0, 0.05) is 32.5 Å². The van der Waals surface area contributed by atoms with Gasteiger partial charge in [-0.05, 0) is 207 Å². The number of carbonyl (C=O) groups excluding carboxylic acids is 16. The standard InChI is InChI=1S/C78H136N22O25/c1-42(2)61(78(124)125)97-74(120)58-26-18-38-100(58)77(123)55(41-103)96-69(115)50(23-10-15-35-83)89-64(110)45(5)86-66(112)47(20-7-12-32-80)91-71(117)52(28-30-60(106)107)93-73(119)57-25-17-37-99(57)76(122)54(40-102)95-68(114)49(22-9-14-34-82)88-63(109)44(4)85-65(111)46(19-6-11-31-79)90-70(116)51(27-29-59(104)105)92-72(118)56-24-16-36-98(56)75(121)53(39-101)94-67(113)48(21-8-13-33-81)87-62(108)43(3)84/h42-58,61,101-103H,6-41,79-84H2,1-5H3,(H,85,111)(H,86,112)(H,87,108)(H,88,109)(H,89,110)(H,90,116)(H,91,117)(H,92,118)(H,93,119)(H,94,113)(H,95,114)(H,96,115)(H,97,120)(H,104,105)(H,106,107)(H,124,125)/t43-,44-,45-,46-,47-,48-,49-,50-,51-,52-,53-,54-,55-,56-,57-,58-,61-/m0/s1. The zero-order chi connectivity index (χ0) is 93.7. The van der Waals surface area contributed by atoms with Crippen LogP contribution in [0.15, 0.2) is 0 Å². The van der Waals surface area contributed by atoms with Gasteiger partial charge in [0.2, 0.25) is 94.5 Å². The van der Waals surface area contributed by atoms with Gasteiger partial charge in [-0.3, -0.25) is 86.3 Å². The molecule has 0 aromatic carbocycles. The van der Waals surface area contributed by atoms with E-state index in [0.717, 1.165) is 14.7 Å². The Balaban J connectivity index is 1.81. The Kier molecular flexibility index (Phi) is 49.8. The third-order valence-electron chi connectivity index (χ3n) is 21.5. The van der Waals surface area contributed by atoms with Gasteiger partial charge in [-0.1, -0.05) is 13.8 Å². The van der Waals surface area contributed by atoms with Gasteiger partial charge >= 0.3 is 17.9 Å². The van der Waals surface area contributed by atoms with Gasteiger partial charge in [-0.25, -0.2) is 4.79 Å². The normalized spacial score (nSPS) is 18.3. The molecule has 47 nitrogen and oxygen atoms in total. The van der Waals surface area contributed by atoms with Crippen LogP contribution >= 0.6 is 0 Å². The Morgan fingerprint density at radius 1 is 0.304 bits per heavy atom. The second-order valence-electron chi connectivity index (χ2n) is 31.8. The summed E-state index contributed by atoms with van der Waals surface area (Å²) in [5, 5.41) is 92.8. The highest BCUT2D eigenvalue weighted by Gasteiger charge is 2.45. The van der Waals surface area contributed by atoms with Crippen molar-refractivity contribution >= 4 is 112 Å². The number of carbonyl (C=O) groups is 19. The number of nitrogens with one attached hydrogen (secondary N) is 13. The number of amides is 16. The Morgan fingerprint density at radius 3 is 0.768 bits per heavy atom. The van der Waals surface area contributed by atoms with Crippen LogP contribution in [0.3, 0.4) is 0 Å². The molecule has 0 saturated carbocycles. The second-order valence-corrected chi connectivity index (χ2v) is 31.8. The molecule has 125 heavy (non-hydrogen) atoms. The molecule has 3 fully saturated rings. The summed E-state index contributed by atoms with van der Waals surface area (Å²) < 4.78 is 0. The highest BCUT2D eigenvalue weighted by Crippen LogP contribution is 2.24. The molecule has 16 amide bonds. The average Bonchev–Trinajstić information content (AvgIpc) is 1.73. The van der Waals surface area contributed by atoms with Crippen LogP contribution in [0.25, 0.3) is 0 Å². The average molecular weight is 1780 g/mol. The number of rotatable bonds is 60. The van der Waals surface area contributed by atoms with E-state index in [9.17, 15) is 122 Å². The molecular weight excluding hydrogens is 1640 g/mol. The lowest BCUT2D eigenvalue weighted by Gasteiger charge is -2.30. The molecule has 17 atom stereocenters. The summed E-state index contributed by atoms with van der Waals surface area (Å²) in [6.45, 7) is 4.75. The number of carboxylic acid groups (broad SMARTS) is 3. The molecule has 0 unspecified atom stereocenters. The van der Waals surface area contributed by atoms with E-state index >= 15 is 0 Å². The smallest absolute Gasteiger partial charge is 0.326 e. The Hall–Kier alpha value is -10.4. The van der Waals surface area contributed by atoms with Crippen LogP contribution in [-0.2, 0) is 91.1 Å². The number of hydrogen-bond acceptors (Lipinski definition) is 28. The first-order chi connectivity index (χ1) is 59.3. The maximum Gasteiger partial charge on any atom is 0.326 e. The van der Waals surface area contributed by atoms with Crippen LogP contribution in [0, 0.1) is 5.92 Å². The van der Waals surface area contributed by atoms with Crippen molar-refractivity contribution in [2.75, 3.05) is 72.2 Å². The molecule has 0 aromatic rings. The van der Waals surface area contributed by atoms with Crippen molar-refractivity contribution in [3.63, 3.8) is 0 Å². The first-order valence-electron chi connectivity index (χ1n) is 42.9. The fourth-order valence-corrected chi connectivity index (χ4v) is 14.3. The molecule has 0 aliphatic carbocycles. The number of aliphatic hydroxyl groups is 3. The van der Waals surface area contributed by atoms with E-state index in [4.69, 9.17) is 34.4 Å². The van der Waals surface area contributed by atoms with E-state index < -0.39 is 267 Å². The van der Waals surface area contributed by atoms with Crippen molar-refractivity contribution in [2.45, 2.75) is 298 Å². The predicted molar refractivity (Wildman–Crippen MR) is 446 cm³/mol. The molecular formula is C78H136N22O25. The monoisotopic (exact) mass is 1780 g/mol. The third-order valence-corrected chi connectivity index (χ3v) is 21.5. The van der Waals surface area contributed by atoms with E-state index in [2.05, 4.69) is 69.1 Å². The Labute approximate surface area is 725 Å². The third kappa shape index (κ3) is 36.6. The number of nitrogens with zero attached hydrogens (tertiary/aromatic N) is 3. The Morgan fingerprint density at radius 2 is 0.536 bits per heavy atom.